The Morgan fingerprint density at radius 2 is 1.56 bits per heavy atom. The van der Waals surface area contributed by atoms with Crippen molar-refractivity contribution in [2.45, 2.75) is 38.1 Å². The number of nitrogens with zero attached hydrogens (tertiary/aromatic N) is 1. The molecule has 0 atom stereocenters. The Kier molecular flexibility index (Phi) is 3.40. The Hall–Kier alpha value is -0.940. The maximum absolute atomic E-state index is 13.7. The van der Waals surface area contributed by atoms with E-state index in [-0.39, 0.29) is 9.42 Å². The summed E-state index contributed by atoms with van der Waals surface area (Å²) in [5.41, 5.74) is -0.149. The summed E-state index contributed by atoms with van der Waals surface area (Å²) >= 11 is 0. The first-order valence-corrected chi connectivity index (χ1v) is 6.37. The molecule has 5 heteroatoms. The molecule has 0 aliphatic carbocycles. The first-order valence-electron chi connectivity index (χ1n) is 4.93. The molecule has 0 bridgehead atoms. The van der Waals surface area contributed by atoms with E-state index in [9.17, 15) is 12.9 Å². The van der Waals surface area contributed by atoms with Gasteiger partial charge in [-0.15, -0.1) is 4.48 Å². The van der Waals surface area contributed by atoms with Crippen LogP contribution in [0.4, 0.5) is 4.48 Å². The van der Waals surface area contributed by atoms with Crippen molar-refractivity contribution in [3.63, 3.8) is 0 Å². The lowest BCUT2D eigenvalue weighted by Crippen LogP contribution is -2.39. The van der Waals surface area contributed by atoms with Crippen LogP contribution in [0, 0.1) is 6.92 Å². The lowest BCUT2D eigenvalue weighted by atomic mass is 10.1. The van der Waals surface area contributed by atoms with Gasteiger partial charge in [0.1, 0.15) is 0 Å². The highest BCUT2D eigenvalue weighted by atomic mass is 32.2. The van der Waals surface area contributed by atoms with E-state index in [0.29, 0.717) is 0 Å². The molecule has 16 heavy (non-hydrogen) atoms. The molecule has 0 fully saturated rings. The summed E-state index contributed by atoms with van der Waals surface area (Å²) in [7, 11) is -4.05. The molecule has 0 saturated heterocycles. The van der Waals surface area contributed by atoms with Crippen LogP contribution < -0.4 is 0 Å². The molecule has 3 nitrogen and oxygen atoms in total. The fraction of sp³-hybridized carbons (Fsp3) is 0.455. The summed E-state index contributed by atoms with van der Waals surface area (Å²) in [6.07, 6.45) is 0. The van der Waals surface area contributed by atoms with Crippen LogP contribution in [0.3, 0.4) is 0 Å². The van der Waals surface area contributed by atoms with E-state index in [1.165, 1.54) is 32.9 Å². The number of sulfonamides is 1. The first-order chi connectivity index (χ1) is 7.15. The lowest BCUT2D eigenvalue weighted by Gasteiger charge is -2.25. The van der Waals surface area contributed by atoms with Gasteiger partial charge in [0, 0.05) is 0 Å². The van der Waals surface area contributed by atoms with Gasteiger partial charge in [-0.25, -0.2) is 8.42 Å². The fourth-order valence-corrected chi connectivity index (χ4v) is 2.55. The van der Waals surface area contributed by atoms with Gasteiger partial charge < -0.3 is 0 Å². The van der Waals surface area contributed by atoms with Gasteiger partial charge in [-0.3, -0.25) is 0 Å². The molecule has 90 valence electrons. The van der Waals surface area contributed by atoms with Crippen LogP contribution in [-0.4, -0.2) is 18.5 Å². The minimum Gasteiger partial charge on any atom is -0.205 e. The zero-order valence-corrected chi connectivity index (χ0v) is 10.7. The zero-order chi connectivity index (χ0) is 12.6. The number of hydrogen-bond acceptors (Lipinski definition) is 2. The van der Waals surface area contributed by atoms with E-state index in [4.69, 9.17) is 0 Å². The Bertz CT molecular complexity index is 460. The van der Waals surface area contributed by atoms with Gasteiger partial charge in [0.2, 0.25) is 0 Å². The smallest absolute Gasteiger partial charge is 0.205 e. The summed E-state index contributed by atoms with van der Waals surface area (Å²) in [5.74, 6) is 0. The van der Waals surface area contributed by atoms with E-state index in [1.807, 2.05) is 6.92 Å². The van der Waals surface area contributed by atoms with E-state index in [2.05, 4.69) is 0 Å². The second-order valence-electron chi connectivity index (χ2n) is 4.70. The molecule has 0 heterocycles. The quantitative estimate of drug-likeness (QED) is 0.751. The van der Waals surface area contributed by atoms with Crippen LogP contribution in [0.25, 0.3) is 0 Å². The van der Waals surface area contributed by atoms with Crippen LogP contribution in [0.15, 0.2) is 29.2 Å². The average Bonchev–Trinajstić information content (AvgIpc) is 2.16. The largest absolute Gasteiger partial charge is 0.269 e. The molecule has 0 aromatic heterocycles. The van der Waals surface area contributed by atoms with Crippen molar-refractivity contribution in [2.24, 2.45) is 0 Å². The van der Waals surface area contributed by atoms with Gasteiger partial charge in [-0.1, -0.05) is 17.7 Å². The molecular formula is C11H16FNO2S. The second-order valence-corrected chi connectivity index (χ2v) is 6.45. The van der Waals surface area contributed by atoms with Gasteiger partial charge in [0.15, 0.2) is 0 Å². The average molecular weight is 245 g/mol. The van der Waals surface area contributed by atoms with E-state index in [0.717, 1.165) is 5.56 Å². The topological polar surface area (TPSA) is 37.4 Å². The molecule has 0 aliphatic rings. The van der Waals surface area contributed by atoms with Gasteiger partial charge in [-0.05, 0) is 44.4 Å². The highest BCUT2D eigenvalue weighted by Gasteiger charge is 2.34. The summed E-state index contributed by atoms with van der Waals surface area (Å²) in [6.45, 7) is 6.34. The summed E-state index contributed by atoms with van der Waals surface area (Å²) in [6, 6.07) is 6.10. The molecule has 0 saturated carbocycles. The van der Waals surface area contributed by atoms with Crippen LogP contribution in [0.5, 0.6) is 0 Å². The number of halogens is 1. The third-order valence-corrected chi connectivity index (χ3v) is 3.89. The van der Waals surface area contributed by atoms with Crippen molar-refractivity contribution < 1.29 is 12.9 Å². The number of rotatable bonds is 2. The molecule has 0 amide bonds. The predicted octanol–water partition coefficient (Wildman–Crippen LogP) is 2.67. The lowest BCUT2D eigenvalue weighted by molar-refractivity contribution is 0.0418. The Labute approximate surface area is 95.9 Å². The monoisotopic (exact) mass is 245 g/mol. The number of hydrogen-bond donors (Lipinski definition) is 0. The van der Waals surface area contributed by atoms with Gasteiger partial charge in [0.05, 0.1) is 10.4 Å². The van der Waals surface area contributed by atoms with Gasteiger partial charge in [-0.2, -0.15) is 0 Å². The molecular weight excluding hydrogens is 229 g/mol. The number of aryl methyl sites for hydroxylation is 1. The van der Waals surface area contributed by atoms with Crippen LogP contribution in [0.1, 0.15) is 26.3 Å². The van der Waals surface area contributed by atoms with Gasteiger partial charge in [0.25, 0.3) is 10.0 Å². The molecule has 0 spiro atoms. The molecule has 1 aromatic carbocycles. The Morgan fingerprint density at radius 3 is 1.94 bits per heavy atom. The van der Waals surface area contributed by atoms with E-state index < -0.39 is 15.6 Å². The highest BCUT2D eigenvalue weighted by molar-refractivity contribution is 7.89. The SMILES string of the molecule is Cc1ccc(S(=O)(=O)N(F)C(C)(C)C)cc1. The van der Waals surface area contributed by atoms with E-state index in [1.54, 1.807) is 12.1 Å². The molecule has 0 aliphatic heterocycles. The third kappa shape index (κ3) is 2.59. The van der Waals surface area contributed by atoms with E-state index >= 15 is 0 Å². The van der Waals surface area contributed by atoms with Crippen molar-refractivity contribution in [1.29, 1.82) is 0 Å². The van der Waals surface area contributed by atoms with Crippen molar-refractivity contribution in [3.8, 4) is 0 Å². The molecule has 0 N–H and O–H groups in total. The summed E-state index contributed by atoms with van der Waals surface area (Å²) < 4.78 is 37.3. The van der Waals surface area contributed by atoms with Crippen molar-refractivity contribution >= 4 is 10.0 Å². The minimum absolute atomic E-state index is 0.0319. The predicted molar refractivity (Wildman–Crippen MR) is 61.1 cm³/mol. The molecule has 1 rings (SSSR count). The van der Waals surface area contributed by atoms with Crippen LogP contribution in [0.2, 0.25) is 0 Å². The normalized spacial score (nSPS) is 13.1. The Morgan fingerprint density at radius 1 is 1.12 bits per heavy atom. The molecule has 0 radical (unpaired) electrons. The first kappa shape index (κ1) is 13.1. The second kappa shape index (κ2) is 4.14. The van der Waals surface area contributed by atoms with Crippen molar-refractivity contribution in [3.05, 3.63) is 29.8 Å². The summed E-state index contributed by atoms with van der Waals surface area (Å²) in [5, 5.41) is 0. The Balaban J connectivity index is 3.17. The van der Waals surface area contributed by atoms with Crippen LogP contribution in [-0.2, 0) is 10.0 Å². The number of benzene rings is 1. The highest BCUT2D eigenvalue weighted by Crippen LogP contribution is 2.24. The fourth-order valence-electron chi connectivity index (χ4n) is 1.16. The standard InChI is InChI=1S/C11H16FNO2S/c1-9-5-7-10(8-6-9)16(14,15)13(12)11(2,3)4/h5-8H,1-4H3. The van der Waals surface area contributed by atoms with Crippen molar-refractivity contribution in [2.75, 3.05) is 0 Å². The minimum atomic E-state index is -4.05. The molecule has 1 aromatic rings. The summed E-state index contributed by atoms with van der Waals surface area (Å²) in [4.78, 5) is -0.0319. The van der Waals surface area contributed by atoms with Crippen LogP contribution >= 0.6 is 0 Å². The van der Waals surface area contributed by atoms with Gasteiger partial charge >= 0.3 is 0 Å². The maximum atomic E-state index is 13.7. The molecule has 0 unspecified atom stereocenters. The zero-order valence-electron chi connectivity index (χ0n) is 9.86. The van der Waals surface area contributed by atoms with Crippen molar-refractivity contribution in [1.82, 2.24) is 4.53 Å². The maximum Gasteiger partial charge on any atom is 0.269 e. The third-order valence-electron chi connectivity index (χ3n) is 2.06.